The molecule has 0 amide bonds. The smallest absolute Gasteiger partial charge is 0.118 e. The van der Waals surface area contributed by atoms with Gasteiger partial charge in [0.2, 0.25) is 0 Å². The first-order chi connectivity index (χ1) is 18.1. The van der Waals surface area contributed by atoms with Crippen molar-refractivity contribution in [2.75, 3.05) is 0 Å². The number of phenols is 2. The third-order valence-electron chi connectivity index (χ3n) is 8.12. The van der Waals surface area contributed by atoms with Gasteiger partial charge in [-0.25, -0.2) is 0 Å². The molecule has 0 saturated carbocycles. The van der Waals surface area contributed by atoms with Gasteiger partial charge in [0.1, 0.15) is 11.5 Å². The molecule has 37 heavy (non-hydrogen) atoms. The summed E-state index contributed by atoms with van der Waals surface area (Å²) in [5.41, 5.74) is 4.60. The van der Waals surface area contributed by atoms with Gasteiger partial charge in [0.25, 0.3) is 0 Å². The molecule has 0 aliphatic rings. The summed E-state index contributed by atoms with van der Waals surface area (Å²) in [5, 5.41) is 20.4. The molecule has 0 aliphatic heterocycles. The van der Waals surface area contributed by atoms with Gasteiger partial charge in [-0.2, -0.15) is 0 Å². The predicted molar refractivity (Wildman–Crippen MR) is 161 cm³/mol. The zero-order valence-electron chi connectivity index (χ0n) is 24.4. The minimum absolute atomic E-state index is 0.309. The zero-order valence-corrected chi connectivity index (χ0v) is 24.4. The molecule has 0 bridgehead atoms. The summed E-state index contributed by atoms with van der Waals surface area (Å²) in [5.74, 6) is 1.10. The minimum Gasteiger partial charge on any atom is -0.508 e. The molecule has 0 atom stereocenters. The van der Waals surface area contributed by atoms with Gasteiger partial charge in [-0.05, 0) is 53.6 Å². The number of aromatic hydroxyl groups is 2. The third kappa shape index (κ3) is 12.0. The lowest BCUT2D eigenvalue weighted by molar-refractivity contribution is 0.468. The highest BCUT2D eigenvalue weighted by Gasteiger charge is 2.17. The summed E-state index contributed by atoms with van der Waals surface area (Å²) >= 11 is 0. The Hall–Kier alpha value is -1.96. The molecule has 0 unspecified atom stereocenters. The van der Waals surface area contributed by atoms with Gasteiger partial charge >= 0.3 is 0 Å². The van der Waals surface area contributed by atoms with Crippen molar-refractivity contribution in [3.05, 3.63) is 58.7 Å². The molecule has 0 spiro atoms. The van der Waals surface area contributed by atoms with Gasteiger partial charge in [-0.1, -0.05) is 148 Å². The molecule has 0 aliphatic carbocycles. The molecule has 0 radical (unpaired) electrons. The summed E-state index contributed by atoms with van der Waals surface area (Å²) in [6.45, 7) is 6.48. The zero-order chi connectivity index (χ0) is 26.7. The number of rotatable bonds is 21. The number of hydrogen-bond acceptors (Lipinski definition) is 2. The van der Waals surface area contributed by atoms with Crippen LogP contribution in [0.5, 0.6) is 11.5 Å². The van der Waals surface area contributed by atoms with Crippen LogP contribution in [0.1, 0.15) is 158 Å². The standard InChI is InChI=1S/C35H56O2/c1-4-7-8-9-10-11-12-13-14-15-16-17-18-19-20-21-22-33(31-23-25-34(36)29(5-2)27-31)32-24-26-35(37)30(6-3)28-32/h23-28,33,36-37H,4-22H2,1-3H3. The normalized spacial score (nSPS) is 11.5. The number of benzene rings is 2. The molecule has 0 fully saturated rings. The maximum absolute atomic E-state index is 10.2. The summed E-state index contributed by atoms with van der Waals surface area (Å²) in [6, 6.07) is 12.3. The van der Waals surface area contributed by atoms with E-state index in [-0.39, 0.29) is 0 Å². The molecular formula is C35H56O2. The summed E-state index contributed by atoms with van der Waals surface area (Å²) in [6.07, 6.45) is 25.0. The van der Waals surface area contributed by atoms with E-state index in [1.165, 1.54) is 114 Å². The number of aryl methyl sites for hydroxylation is 2. The van der Waals surface area contributed by atoms with Crippen molar-refractivity contribution >= 4 is 0 Å². The first-order valence-electron chi connectivity index (χ1n) is 15.7. The van der Waals surface area contributed by atoms with Crippen molar-refractivity contribution in [1.82, 2.24) is 0 Å². The van der Waals surface area contributed by atoms with Crippen LogP contribution >= 0.6 is 0 Å². The van der Waals surface area contributed by atoms with Crippen LogP contribution in [0.25, 0.3) is 0 Å². The van der Waals surface area contributed by atoms with Crippen LogP contribution in [0.4, 0.5) is 0 Å². The van der Waals surface area contributed by atoms with E-state index >= 15 is 0 Å². The second kappa shape index (κ2) is 19.2. The highest BCUT2D eigenvalue weighted by atomic mass is 16.3. The Morgan fingerprint density at radius 3 is 1.19 bits per heavy atom. The average molecular weight is 509 g/mol. The molecule has 2 aromatic rings. The van der Waals surface area contributed by atoms with Crippen LogP contribution in [-0.4, -0.2) is 10.2 Å². The molecule has 2 rings (SSSR count). The number of phenolic OH excluding ortho intramolecular Hbond substituents is 2. The van der Waals surface area contributed by atoms with Crippen molar-refractivity contribution in [3.63, 3.8) is 0 Å². The van der Waals surface area contributed by atoms with Crippen LogP contribution in [0.2, 0.25) is 0 Å². The van der Waals surface area contributed by atoms with Crippen LogP contribution in [-0.2, 0) is 12.8 Å². The Balaban J connectivity index is 1.70. The molecule has 2 N–H and O–H groups in total. The van der Waals surface area contributed by atoms with E-state index < -0.39 is 0 Å². The maximum Gasteiger partial charge on any atom is 0.118 e. The molecule has 208 valence electrons. The van der Waals surface area contributed by atoms with Crippen LogP contribution in [0, 0.1) is 0 Å². The fraction of sp³-hybridized carbons (Fsp3) is 0.657. The maximum atomic E-state index is 10.2. The number of hydrogen-bond donors (Lipinski definition) is 2. The highest BCUT2D eigenvalue weighted by molar-refractivity contribution is 5.44. The molecule has 0 heterocycles. The first kappa shape index (κ1) is 31.3. The monoisotopic (exact) mass is 508 g/mol. The van der Waals surface area contributed by atoms with Crippen LogP contribution in [0.3, 0.4) is 0 Å². The SMILES string of the molecule is CCCCCCCCCCCCCCCCCCC(c1ccc(O)c(CC)c1)c1ccc(O)c(CC)c1. The van der Waals surface area contributed by atoms with E-state index in [1.807, 2.05) is 12.1 Å². The molecule has 2 nitrogen and oxygen atoms in total. The van der Waals surface area contributed by atoms with Crippen molar-refractivity contribution in [3.8, 4) is 11.5 Å². The fourth-order valence-electron chi connectivity index (χ4n) is 5.63. The molecule has 2 heteroatoms. The summed E-state index contributed by atoms with van der Waals surface area (Å²) in [4.78, 5) is 0. The Morgan fingerprint density at radius 2 is 0.838 bits per heavy atom. The second-order valence-electron chi connectivity index (χ2n) is 11.1. The van der Waals surface area contributed by atoms with Gasteiger partial charge < -0.3 is 10.2 Å². The summed E-state index contributed by atoms with van der Waals surface area (Å²) in [7, 11) is 0. The fourth-order valence-corrected chi connectivity index (χ4v) is 5.63. The Labute approximate surface area is 228 Å². The van der Waals surface area contributed by atoms with Crippen LogP contribution < -0.4 is 0 Å². The van der Waals surface area contributed by atoms with Crippen LogP contribution in [0.15, 0.2) is 36.4 Å². The van der Waals surface area contributed by atoms with Gasteiger partial charge in [-0.15, -0.1) is 0 Å². The second-order valence-corrected chi connectivity index (χ2v) is 11.1. The lowest BCUT2D eigenvalue weighted by atomic mass is 9.84. The highest BCUT2D eigenvalue weighted by Crippen LogP contribution is 2.35. The first-order valence-corrected chi connectivity index (χ1v) is 15.7. The topological polar surface area (TPSA) is 40.5 Å². The predicted octanol–water partition coefficient (Wildman–Crippen LogP) is 11.0. The van der Waals surface area contributed by atoms with Crippen molar-refractivity contribution in [2.45, 2.75) is 149 Å². The van der Waals surface area contributed by atoms with E-state index in [9.17, 15) is 10.2 Å². The lowest BCUT2D eigenvalue weighted by Crippen LogP contribution is -2.03. The molecular weight excluding hydrogens is 452 g/mol. The lowest BCUT2D eigenvalue weighted by Gasteiger charge is -2.20. The molecule has 0 aromatic heterocycles. The van der Waals surface area contributed by atoms with E-state index in [1.54, 1.807) is 0 Å². The van der Waals surface area contributed by atoms with E-state index in [4.69, 9.17) is 0 Å². The third-order valence-corrected chi connectivity index (χ3v) is 8.12. The van der Waals surface area contributed by atoms with Crippen molar-refractivity contribution in [2.24, 2.45) is 0 Å². The van der Waals surface area contributed by atoms with Crippen molar-refractivity contribution < 1.29 is 10.2 Å². The molecule has 2 aromatic carbocycles. The van der Waals surface area contributed by atoms with E-state index in [0.29, 0.717) is 17.4 Å². The quantitative estimate of drug-likeness (QED) is 0.165. The van der Waals surface area contributed by atoms with E-state index in [0.717, 1.165) is 30.4 Å². The number of unbranched alkanes of at least 4 members (excludes halogenated alkanes) is 15. The Kier molecular flexibility index (Phi) is 16.2. The van der Waals surface area contributed by atoms with Gasteiger partial charge in [0, 0.05) is 5.92 Å². The Morgan fingerprint density at radius 1 is 0.486 bits per heavy atom. The Bertz CT molecular complexity index is 803. The minimum atomic E-state index is 0.309. The van der Waals surface area contributed by atoms with Crippen molar-refractivity contribution in [1.29, 1.82) is 0 Å². The largest absolute Gasteiger partial charge is 0.508 e. The average Bonchev–Trinajstić information content (AvgIpc) is 2.91. The summed E-state index contributed by atoms with van der Waals surface area (Å²) < 4.78 is 0. The van der Waals surface area contributed by atoms with Gasteiger partial charge in [-0.3, -0.25) is 0 Å². The van der Waals surface area contributed by atoms with Gasteiger partial charge in [0.15, 0.2) is 0 Å². The van der Waals surface area contributed by atoms with Gasteiger partial charge in [0.05, 0.1) is 0 Å². The molecule has 0 saturated heterocycles. The van der Waals surface area contributed by atoms with E-state index in [2.05, 4.69) is 45.0 Å².